The van der Waals surface area contributed by atoms with Gasteiger partial charge in [-0.3, -0.25) is 9.89 Å². The number of rotatable bonds is 6. The van der Waals surface area contributed by atoms with Gasteiger partial charge in [0.25, 0.3) is 0 Å². The Kier molecular flexibility index (Phi) is 4.93. The van der Waals surface area contributed by atoms with E-state index in [1.807, 2.05) is 6.92 Å². The molecule has 1 aromatic heterocycles. The molecular formula is C23H30N4OS. The first-order valence-corrected chi connectivity index (χ1v) is 11.9. The lowest BCUT2D eigenvalue weighted by molar-refractivity contribution is -0.126. The zero-order valence-electron chi connectivity index (χ0n) is 17.3. The Balaban J connectivity index is 1.22. The lowest BCUT2D eigenvalue weighted by Gasteiger charge is -2.57. The molecule has 4 saturated carbocycles. The molecule has 2 aromatic rings. The molecule has 4 aliphatic rings. The van der Waals surface area contributed by atoms with Crippen LogP contribution in [0.1, 0.15) is 57.9 Å². The first-order valence-electron chi connectivity index (χ1n) is 11.0. The van der Waals surface area contributed by atoms with Gasteiger partial charge in [0.2, 0.25) is 11.1 Å². The van der Waals surface area contributed by atoms with Crippen molar-refractivity contribution >= 4 is 17.7 Å². The number of amides is 1. The van der Waals surface area contributed by atoms with Gasteiger partial charge < -0.3 is 5.32 Å². The van der Waals surface area contributed by atoms with Crippen LogP contribution in [-0.4, -0.2) is 31.9 Å². The molecule has 4 aliphatic carbocycles. The van der Waals surface area contributed by atoms with Crippen LogP contribution in [0.25, 0.3) is 11.4 Å². The molecule has 6 rings (SSSR count). The van der Waals surface area contributed by atoms with Gasteiger partial charge in [-0.05, 0) is 75.2 Å². The second-order valence-electron chi connectivity index (χ2n) is 9.46. The Morgan fingerprint density at radius 1 is 1.17 bits per heavy atom. The van der Waals surface area contributed by atoms with E-state index in [1.165, 1.54) is 55.9 Å². The molecule has 154 valence electrons. The summed E-state index contributed by atoms with van der Waals surface area (Å²) in [4.78, 5) is 17.6. The zero-order chi connectivity index (χ0) is 20.0. The van der Waals surface area contributed by atoms with Crippen molar-refractivity contribution in [2.75, 3.05) is 0 Å². The predicted molar refractivity (Wildman–Crippen MR) is 116 cm³/mol. The molecule has 0 spiro atoms. The molecule has 1 aromatic carbocycles. The number of aromatic amines is 1. The predicted octanol–water partition coefficient (Wildman–Crippen LogP) is 4.60. The van der Waals surface area contributed by atoms with Crippen LogP contribution in [0, 0.1) is 17.8 Å². The summed E-state index contributed by atoms with van der Waals surface area (Å²) in [5.41, 5.74) is 2.39. The molecule has 4 bridgehead atoms. The van der Waals surface area contributed by atoms with Gasteiger partial charge in [0.1, 0.15) is 0 Å². The highest BCUT2D eigenvalue weighted by Crippen LogP contribution is 2.55. The van der Waals surface area contributed by atoms with Crippen molar-refractivity contribution in [2.24, 2.45) is 17.8 Å². The van der Waals surface area contributed by atoms with Crippen molar-refractivity contribution in [3.05, 3.63) is 29.8 Å². The summed E-state index contributed by atoms with van der Waals surface area (Å²) in [5.74, 6) is 3.39. The number of carbonyl (C=O) groups excluding carboxylic acids is 1. The number of aromatic nitrogens is 3. The van der Waals surface area contributed by atoms with E-state index in [0.29, 0.717) is 5.16 Å². The normalized spacial score (nSPS) is 31.0. The van der Waals surface area contributed by atoms with Gasteiger partial charge >= 0.3 is 0 Å². The number of nitrogens with one attached hydrogen (secondary N) is 2. The number of carbonyl (C=O) groups is 1. The lowest BCUT2D eigenvalue weighted by Crippen LogP contribution is -2.60. The molecule has 29 heavy (non-hydrogen) atoms. The third kappa shape index (κ3) is 3.83. The molecule has 1 unspecified atom stereocenters. The van der Waals surface area contributed by atoms with Crippen LogP contribution >= 0.6 is 11.8 Å². The summed E-state index contributed by atoms with van der Waals surface area (Å²) in [6, 6.07) is 8.37. The van der Waals surface area contributed by atoms with Gasteiger partial charge in [-0.2, -0.15) is 0 Å². The van der Waals surface area contributed by atoms with Crippen molar-refractivity contribution in [2.45, 2.75) is 74.7 Å². The Bertz CT molecular complexity index is 855. The van der Waals surface area contributed by atoms with Crippen LogP contribution in [0.5, 0.6) is 0 Å². The number of hydrogen-bond donors (Lipinski definition) is 2. The molecule has 2 N–H and O–H groups in total. The molecule has 1 amide bonds. The largest absolute Gasteiger partial charge is 0.350 e. The molecule has 0 radical (unpaired) electrons. The minimum absolute atomic E-state index is 0.0613. The van der Waals surface area contributed by atoms with Crippen LogP contribution in [0.15, 0.2) is 29.4 Å². The van der Waals surface area contributed by atoms with Crippen molar-refractivity contribution in [3.63, 3.8) is 0 Å². The van der Waals surface area contributed by atoms with Gasteiger partial charge in [0.15, 0.2) is 5.82 Å². The number of H-pyrrole nitrogens is 1. The summed E-state index contributed by atoms with van der Waals surface area (Å²) in [7, 11) is 0. The maximum Gasteiger partial charge on any atom is 0.233 e. The fraction of sp³-hybridized carbons (Fsp3) is 0.609. The number of benzene rings is 1. The van der Waals surface area contributed by atoms with E-state index >= 15 is 0 Å². The van der Waals surface area contributed by atoms with Crippen LogP contribution in [0.3, 0.4) is 0 Å². The van der Waals surface area contributed by atoms with Gasteiger partial charge in [0, 0.05) is 11.1 Å². The first kappa shape index (κ1) is 19.2. The third-order valence-electron chi connectivity index (χ3n) is 7.18. The SMILES string of the molecule is CCc1ccc(-c2nc(SC(C)C(=O)NC34CC5CC(CC(C5)C3)C4)n[nH]2)cc1. The molecule has 1 atom stereocenters. The Hall–Kier alpha value is -1.82. The lowest BCUT2D eigenvalue weighted by atomic mass is 9.53. The highest BCUT2D eigenvalue weighted by molar-refractivity contribution is 8.00. The minimum Gasteiger partial charge on any atom is -0.350 e. The van der Waals surface area contributed by atoms with Gasteiger partial charge in [-0.15, -0.1) is 5.10 Å². The van der Waals surface area contributed by atoms with E-state index in [4.69, 9.17) is 0 Å². The van der Waals surface area contributed by atoms with E-state index in [1.54, 1.807) is 0 Å². The van der Waals surface area contributed by atoms with Crippen LogP contribution < -0.4 is 5.32 Å². The quantitative estimate of drug-likeness (QED) is 0.683. The molecule has 5 nitrogen and oxygen atoms in total. The maximum absolute atomic E-state index is 13.0. The topological polar surface area (TPSA) is 70.7 Å². The van der Waals surface area contributed by atoms with Crippen molar-refractivity contribution in [1.29, 1.82) is 0 Å². The fourth-order valence-electron chi connectivity index (χ4n) is 6.16. The maximum atomic E-state index is 13.0. The summed E-state index contributed by atoms with van der Waals surface area (Å²) in [6.45, 7) is 4.11. The number of hydrogen-bond acceptors (Lipinski definition) is 4. The Labute approximate surface area is 176 Å². The van der Waals surface area contributed by atoms with Gasteiger partial charge in [-0.25, -0.2) is 4.98 Å². The van der Waals surface area contributed by atoms with Crippen molar-refractivity contribution in [3.8, 4) is 11.4 Å². The molecule has 4 fully saturated rings. The van der Waals surface area contributed by atoms with Gasteiger partial charge in [-0.1, -0.05) is 43.0 Å². The Morgan fingerprint density at radius 3 is 2.38 bits per heavy atom. The monoisotopic (exact) mass is 410 g/mol. The van der Waals surface area contributed by atoms with E-state index < -0.39 is 0 Å². The van der Waals surface area contributed by atoms with Gasteiger partial charge in [0.05, 0.1) is 5.25 Å². The van der Waals surface area contributed by atoms with Crippen LogP contribution in [0.2, 0.25) is 0 Å². The second kappa shape index (κ2) is 7.46. The van der Waals surface area contributed by atoms with Crippen LogP contribution in [0.4, 0.5) is 0 Å². The Morgan fingerprint density at radius 2 is 1.79 bits per heavy atom. The van der Waals surface area contributed by atoms with E-state index in [-0.39, 0.29) is 16.7 Å². The molecule has 0 aliphatic heterocycles. The average molecular weight is 411 g/mol. The van der Waals surface area contributed by atoms with E-state index in [0.717, 1.165) is 35.6 Å². The molecule has 1 heterocycles. The first-order chi connectivity index (χ1) is 14.0. The molecule has 6 heteroatoms. The second-order valence-corrected chi connectivity index (χ2v) is 10.8. The van der Waals surface area contributed by atoms with E-state index in [2.05, 4.69) is 51.7 Å². The van der Waals surface area contributed by atoms with Crippen molar-refractivity contribution in [1.82, 2.24) is 20.5 Å². The van der Waals surface area contributed by atoms with Crippen molar-refractivity contribution < 1.29 is 4.79 Å². The third-order valence-corrected chi connectivity index (χ3v) is 8.14. The smallest absolute Gasteiger partial charge is 0.233 e. The van der Waals surface area contributed by atoms with E-state index in [9.17, 15) is 4.79 Å². The summed E-state index contributed by atoms with van der Waals surface area (Å²) < 4.78 is 0. The summed E-state index contributed by atoms with van der Waals surface area (Å²) in [5, 5.41) is 11.3. The highest BCUT2D eigenvalue weighted by atomic mass is 32.2. The molecular weight excluding hydrogens is 380 g/mol. The number of thioether (sulfide) groups is 1. The minimum atomic E-state index is -0.200. The fourth-order valence-corrected chi connectivity index (χ4v) is 6.89. The number of aryl methyl sites for hydroxylation is 1. The standard InChI is InChI=1S/C23H30N4OS/c1-3-15-4-6-19(7-5-15)20-24-22(27-26-20)29-14(2)21(28)25-23-11-16-8-17(12-23)10-18(9-16)13-23/h4-7,14,16-18H,3,8-13H2,1-2H3,(H,25,28)(H,24,26,27). The average Bonchev–Trinajstić information content (AvgIpc) is 3.15. The number of nitrogens with zero attached hydrogens (tertiary/aromatic N) is 2. The summed E-state index contributed by atoms with van der Waals surface area (Å²) in [6.07, 6.45) is 8.73. The highest BCUT2D eigenvalue weighted by Gasteiger charge is 2.51. The molecule has 0 saturated heterocycles. The summed E-state index contributed by atoms with van der Waals surface area (Å²) >= 11 is 1.44. The zero-order valence-corrected chi connectivity index (χ0v) is 18.1. The van der Waals surface area contributed by atoms with Crippen LogP contribution in [-0.2, 0) is 11.2 Å².